The number of para-hydroxylation sites is 1. The zero-order valence-electron chi connectivity index (χ0n) is 30.1. The van der Waals surface area contributed by atoms with Gasteiger partial charge in [0.1, 0.15) is 22.0 Å². The van der Waals surface area contributed by atoms with Crippen LogP contribution in [-0.4, -0.2) is 82.6 Å². The SMILES string of the molecule is Cc1ccc(-c2nc(C)c(C(=O)N3CC[C@@H](C(=O)N4CCC(O)(Cn5cnc6c(ccn6-c6ccccc6F)c5=O)CC4)[C@H](c4ccccc4)C3)s2)cn1. The number of halogens is 1. The fraction of sp³-hybridized carbons (Fsp3) is 0.317. The lowest BCUT2D eigenvalue weighted by Crippen LogP contribution is -2.53. The Balaban J connectivity index is 0.955. The summed E-state index contributed by atoms with van der Waals surface area (Å²) in [5.74, 6) is -1.05. The van der Waals surface area contributed by atoms with Crippen molar-refractivity contribution in [1.82, 2.24) is 33.9 Å². The van der Waals surface area contributed by atoms with E-state index in [0.717, 1.165) is 21.8 Å². The minimum atomic E-state index is -1.22. The van der Waals surface area contributed by atoms with Gasteiger partial charge in [-0.2, -0.15) is 0 Å². The molecule has 4 aromatic heterocycles. The topological polar surface area (TPSA) is 126 Å². The van der Waals surface area contributed by atoms with Crippen molar-refractivity contribution in [3.8, 4) is 16.3 Å². The van der Waals surface area contributed by atoms with E-state index in [0.29, 0.717) is 59.9 Å². The number of pyridine rings is 1. The van der Waals surface area contributed by atoms with Crippen LogP contribution >= 0.6 is 11.3 Å². The van der Waals surface area contributed by atoms with Crippen molar-refractivity contribution in [2.24, 2.45) is 5.92 Å². The van der Waals surface area contributed by atoms with Crippen molar-refractivity contribution in [3.63, 3.8) is 0 Å². The molecule has 0 aliphatic carbocycles. The Morgan fingerprint density at radius 2 is 1.70 bits per heavy atom. The summed E-state index contributed by atoms with van der Waals surface area (Å²) in [6.45, 7) is 5.30. The fourth-order valence-electron chi connectivity index (χ4n) is 7.79. The molecule has 2 fully saturated rings. The first-order chi connectivity index (χ1) is 26.1. The van der Waals surface area contributed by atoms with Gasteiger partial charge < -0.3 is 14.9 Å². The number of hydrogen-bond donors (Lipinski definition) is 1. The summed E-state index contributed by atoms with van der Waals surface area (Å²) < 4.78 is 17.4. The first-order valence-corrected chi connectivity index (χ1v) is 19.0. The summed E-state index contributed by atoms with van der Waals surface area (Å²) in [5.41, 5.74) is 2.53. The Morgan fingerprint density at radius 1 is 0.944 bits per heavy atom. The molecular formula is C41H40FN7O4S. The van der Waals surface area contributed by atoms with E-state index < -0.39 is 11.4 Å². The molecule has 8 rings (SSSR count). The number of rotatable bonds is 7. The Labute approximate surface area is 315 Å². The Kier molecular flexibility index (Phi) is 9.44. The average Bonchev–Trinajstić information content (AvgIpc) is 3.80. The van der Waals surface area contributed by atoms with Gasteiger partial charge in [-0.05, 0) is 69.0 Å². The second-order valence-electron chi connectivity index (χ2n) is 14.4. The second kappa shape index (κ2) is 14.4. The van der Waals surface area contributed by atoms with E-state index in [1.54, 1.807) is 41.2 Å². The summed E-state index contributed by atoms with van der Waals surface area (Å²) >= 11 is 1.37. The lowest BCUT2D eigenvalue weighted by Gasteiger charge is -2.43. The molecule has 6 heterocycles. The molecular weight excluding hydrogens is 706 g/mol. The van der Waals surface area contributed by atoms with Crippen LogP contribution < -0.4 is 5.56 Å². The van der Waals surface area contributed by atoms with E-state index in [-0.39, 0.29) is 48.6 Å². The third-order valence-electron chi connectivity index (χ3n) is 10.8. The number of likely N-dealkylation sites (tertiary alicyclic amines) is 2. The molecule has 11 nitrogen and oxygen atoms in total. The number of amides is 2. The molecule has 276 valence electrons. The maximum Gasteiger partial charge on any atom is 0.265 e. The smallest absolute Gasteiger partial charge is 0.265 e. The number of piperidine rings is 2. The molecule has 2 saturated heterocycles. The van der Waals surface area contributed by atoms with Crippen LogP contribution in [0.25, 0.3) is 27.3 Å². The number of aryl methyl sites for hydroxylation is 2. The van der Waals surface area contributed by atoms with E-state index in [4.69, 9.17) is 4.98 Å². The third kappa shape index (κ3) is 6.73. The summed E-state index contributed by atoms with van der Waals surface area (Å²) in [4.78, 5) is 59.5. The van der Waals surface area contributed by atoms with Crippen LogP contribution in [0.4, 0.5) is 4.39 Å². The molecule has 2 atom stereocenters. The highest BCUT2D eigenvalue weighted by atomic mass is 32.1. The first-order valence-electron chi connectivity index (χ1n) is 18.2. The Bertz CT molecular complexity index is 2400. The van der Waals surface area contributed by atoms with Crippen molar-refractivity contribution >= 4 is 34.2 Å². The Hall–Kier alpha value is -5.53. The van der Waals surface area contributed by atoms with Crippen LogP contribution in [0, 0.1) is 25.6 Å². The van der Waals surface area contributed by atoms with Crippen LogP contribution in [-0.2, 0) is 11.3 Å². The van der Waals surface area contributed by atoms with E-state index >= 15 is 0 Å². The number of aromatic nitrogens is 5. The van der Waals surface area contributed by atoms with Crippen molar-refractivity contribution < 1.29 is 19.1 Å². The number of fused-ring (bicyclic) bond motifs is 1. The molecule has 6 aromatic rings. The van der Waals surface area contributed by atoms with Crippen molar-refractivity contribution in [2.45, 2.75) is 51.2 Å². The van der Waals surface area contributed by atoms with E-state index in [1.807, 2.05) is 66.1 Å². The zero-order valence-corrected chi connectivity index (χ0v) is 30.9. The number of aliphatic hydroxyl groups is 1. The van der Waals surface area contributed by atoms with Crippen LogP contribution in [0.1, 0.15) is 51.8 Å². The van der Waals surface area contributed by atoms with Crippen molar-refractivity contribution in [1.29, 1.82) is 0 Å². The standard InChI is InChI=1S/C41H40FN7O4S/c1-26-12-13-29(22-43-26)37-45-27(2)35(54-37)40(52)47-18-14-30(32(23-47)28-8-4-3-5-9-28)38(50)46-20-16-41(53,17-21-46)24-48-25-44-36-31(39(48)51)15-19-49(36)34-11-7-6-10-33(34)42/h3-13,15,19,22,25,30,32,53H,14,16-18,20-21,23-24H2,1-2H3/t30-,32+/m1/s1. The molecule has 2 aliphatic rings. The highest BCUT2D eigenvalue weighted by Gasteiger charge is 2.42. The van der Waals surface area contributed by atoms with Gasteiger partial charge in [0.15, 0.2) is 5.65 Å². The molecule has 1 N–H and O–H groups in total. The number of nitrogens with zero attached hydrogens (tertiary/aromatic N) is 7. The van der Waals surface area contributed by atoms with Gasteiger partial charge in [0.05, 0.1) is 28.9 Å². The fourth-order valence-corrected chi connectivity index (χ4v) is 8.81. The minimum absolute atomic E-state index is 0.0101. The van der Waals surface area contributed by atoms with Gasteiger partial charge in [-0.1, -0.05) is 42.5 Å². The number of carbonyl (C=O) groups excluding carboxylic acids is 2. The maximum atomic E-state index is 14.5. The quantitative estimate of drug-likeness (QED) is 0.220. The maximum absolute atomic E-state index is 14.5. The van der Waals surface area contributed by atoms with E-state index in [2.05, 4.69) is 9.97 Å². The lowest BCUT2D eigenvalue weighted by atomic mass is 9.79. The van der Waals surface area contributed by atoms with E-state index in [1.165, 1.54) is 28.3 Å². The van der Waals surface area contributed by atoms with Gasteiger partial charge in [-0.25, -0.2) is 14.4 Å². The van der Waals surface area contributed by atoms with Crippen LogP contribution in [0.3, 0.4) is 0 Å². The van der Waals surface area contributed by atoms with Gasteiger partial charge >= 0.3 is 0 Å². The molecule has 2 aromatic carbocycles. The largest absolute Gasteiger partial charge is 0.388 e. The first kappa shape index (κ1) is 35.5. The van der Waals surface area contributed by atoms with Gasteiger partial charge in [0.25, 0.3) is 11.5 Å². The molecule has 0 radical (unpaired) electrons. The third-order valence-corrected chi connectivity index (χ3v) is 12.0. The number of hydrogen-bond acceptors (Lipinski definition) is 8. The monoisotopic (exact) mass is 745 g/mol. The van der Waals surface area contributed by atoms with Crippen LogP contribution in [0.2, 0.25) is 0 Å². The molecule has 0 spiro atoms. The van der Waals surface area contributed by atoms with E-state index in [9.17, 15) is 23.9 Å². The predicted octanol–water partition coefficient (Wildman–Crippen LogP) is 5.76. The summed E-state index contributed by atoms with van der Waals surface area (Å²) in [7, 11) is 0. The predicted molar refractivity (Wildman–Crippen MR) is 204 cm³/mol. The van der Waals surface area contributed by atoms with Gasteiger partial charge in [-0.15, -0.1) is 11.3 Å². The number of thiazole rings is 1. The van der Waals surface area contributed by atoms with Gasteiger partial charge in [-0.3, -0.25) is 28.5 Å². The summed E-state index contributed by atoms with van der Waals surface area (Å²) in [6, 6.07) is 21.7. The van der Waals surface area contributed by atoms with Crippen molar-refractivity contribution in [3.05, 3.63) is 130 Å². The highest BCUT2D eigenvalue weighted by molar-refractivity contribution is 7.17. The molecule has 2 aliphatic heterocycles. The second-order valence-corrected chi connectivity index (χ2v) is 15.4. The van der Waals surface area contributed by atoms with Crippen LogP contribution in [0.5, 0.6) is 0 Å². The van der Waals surface area contributed by atoms with Crippen LogP contribution in [0.15, 0.2) is 96.3 Å². The number of benzene rings is 2. The molecule has 0 bridgehead atoms. The number of carbonyl (C=O) groups is 2. The molecule has 13 heteroatoms. The minimum Gasteiger partial charge on any atom is -0.388 e. The summed E-state index contributed by atoms with van der Waals surface area (Å²) in [6.07, 6.45) is 5.87. The van der Waals surface area contributed by atoms with Gasteiger partial charge in [0, 0.05) is 61.7 Å². The van der Waals surface area contributed by atoms with Gasteiger partial charge in [0.2, 0.25) is 5.91 Å². The molecule has 0 saturated carbocycles. The molecule has 0 unspecified atom stereocenters. The summed E-state index contributed by atoms with van der Waals surface area (Å²) in [5, 5.41) is 12.7. The molecule has 2 amide bonds. The lowest BCUT2D eigenvalue weighted by molar-refractivity contribution is -0.142. The highest BCUT2D eigenvalue weighted by Crippen LogP contribution is 2.37. The Morgan fingerprint density at radius 3 is 2.44 bits per heavy atom. The normalized spacial score (nSPS) is 18.6. The van der Waals surface area contributed by atoms with Crippen molar-refractivity contribution in [2.75, 3.05) is 26.2 Å². The molecule has 54 heavy (non-hydrogen) atoms. The zero-order chi connectivity index (χ0) is 37.6. The average molecular weight is 746 g/mol.